The molecule has 1 heterocycles. The molecule has 0 aliphatic rings. The third kappa shape index (κ3) is 10.6. The molecule has 0 atom stereocenters. The smallest absolute Gasteiger partial charge is 0.490 e. The third-order valence-corrected chi connectivity index (χ3v) is 7.83. The monoisotopic (exact) mass is 662 g/mol. The van der Waals surface area contributed by atoms with Crippen LogP contribution in [0.5, 0.6) is 17.2 Å². The van der Waals surface area contributed by atoms with Gasteiger partial charge in [0.15, 0.2) is 12.7 Å². The summed E-state index contributed by atoms with van der Waals surface area (Å²) in [6.07, 6.45) is 6.20. The second-order valence-electron chi connectivity index (χ2n) is 11.2. The van der Waals surface area contributed by atoms with E-state index in [4.69, 9.17) is 14.0 Å². The first kappa shape index (κ1) is 35.5. The Morgan fingerprint density at radius 2 is 1.24 bits per heavy atom. The fourth-order valence-corrected chi connectivity index (χ4v) is 5.28. The Kier molecular flexibility index (Phi) is 13.7. The molecule has 0 radical (unpaired) electrons. The number of pyridine rings is 1. The number of benzene rings is 5. The molecule has 1 aromatic heterocycles. The summed E-state index contributed by atoms with van der Waals surface area (Å²) in [6, 6.07) is 51.9. The molecular formula is C43H43BN2O4. The van der Waals surface area contributed by atoms with Gasteiger partial charge >= 0.3 is 7.32 Å². The number of hydrogen-bond donors (Lipinski definition) is 1. The number of para-hydroxylation sites is 3. The summed E-state index contributed by atoms with van der Waals surface area (Å²) in [6.45, 7) is 6.74. The molecule has 7 heteroatoms. The van der Waals surface area contributed by atoms with Crippen LogP contribution >= 0.6 is 0 Å². The highest BCUT2D eigenvalue weighted by Crippen LogP contribution is 2.30. The summed E-state index contributed by atoms with van der Waals surface area (Å²) in [4.78, 5) is 2.33. The Morgan fingerprint density at radius 3 is 1.80 bits per heavy atom. The lowest BCUT2D eigenvalue weighted by atomic mass is 10.0. The topological polar surface area (TPSA) is 55.0 Å². The van der Waals surface area contributed by atoms with Gasteiger partial charge in [0.05, 0.1) is 5.56 Å². The zero-order chi connectivity index (χ0) is 34.8. The molecular weight excluding hydrogens is 619 g/mol. The molecule has 5 aromatic carbocycles. The van der Waals surface area contributed by atoms with Crippen molar-refractivity contribution < 1.29 is 23.6 Å². The lowest BCUT2D eigenvalue weighted by Crippen LogP contribution is -2.39. The third-order valence-electron chi connectivity index (χ3n) is 7.83. The van der Waals surface area contributed by atoms with Gasteiger partial charge in [-0.1, -0.05) is 72.8 Å². The molecule has 6 nitrogen and oxygen atoms in total. The van der Waals surface area contributed by atoms with Crippen molar-refractivity contribution >= 4 is 25.2 Å². The van der Waals surface area contributed by atoms with E-state index in [1.807, 2.05) is 132 Å². The highest BCUT2D eigenvalue weighted by molar-refractivity contribution is 6.39. The molecule has 252 valence electrons. The van der Waals surface area contributed by atoms with Gasteiger partial charge in [-0.05, 0) is 73.5 Å². The van der Waals surface area contributed by atoms with Crippen molar-refractivity contribution in [1.29, 1.82) is 0 Å². The van der Waals surface area contributed by atoms with Crippen molar-refractivity contribution in [3.63, 3.8) is 0 Å². The van der Waals surface area contributed by atoms with E-state index in [9.17, 15) is 5.11 Å². The van der Waals surface area contributed by atoms with E-state index in [-0.39, 0.29) is 6.61 Å². The van der Waals surface area contributed by atoms with Gasteiger partial charge in [-0.15, -0.1) is 0 Å². The minimum atomic E-state index is -1.05. The number of aliphatic hydroxyl groups is 1. The van der Waals surface area contributed by atoms with E-state index in [2.05, 4.69) is 67.3 Å². The van der Waals surface area contributed by atoms with Gasteiger partial charge in [0, 0.05) is 30.9 Å². The fraction of sp³-hybridized carbons (Fsp3) is 0.140. The van der Waals surface area contributed by atoms with Crippen molar-refractivity contribution in [2.24, 2.45) is 0 Å². The molecule has 6 rings (SSSR count). The zero-order valence-electron chi connectivity index (χ0n) is 28.6. The second kappa shape index (κ2) is 19.3. The Labute approximate surface area is 296 Å². The van der Waals surface area contributed by atoms with Crippen molar-refractivity contribution in [3.05, 3.63) is 175 Å². The van der Waals surface area contributed by atoms with Crippen LogP contribution in [0.3, 0.4) is 0 Å². The van der Waals surface area contributed by atoms with Gasteiger partial charge in [0.25, 0.3) is 0 Å². The number of anilines is 1. The average molecular weight is 663 g/mol. The summed E-state index contributed by atoms with van der Waals surface area (Å²) in [5.74, 6) is 1.83. The Balaban J connectivity index is 0.000000732. The van der Waals surface area contributed by atoms with E-state index < -0.39 is 7.32 Å². The number of aliphatic hydroxyl groups excluding tert-OH is 1. The summed E-state index contributed by atoms with van der Waals surface area (Å²) in [5.41, 5.74) is 5.11. The van der Waals surface area contributed by atoms with Crippen molar-refractivity contribution in [1.82, 2.24) is 0 Å². The second-order valence-corrected chi connectivity index (χ2v) is 11.2. The molecule has 0 spiro atoms. The number of nitrogens with zero attached hydrogens (tertiary/aromatic N) is 2. The SMILES string of the molecule is CCN(CC)c1ccc(/C=C/c2cc[n+](CCO)c(-c3ccccc3OB(Oc3ccccc3)Oc3ccccc3)c2)cc1.[c-]1ccccc1. The highest BCUT2D eigenvalue weighted by Gasteiger charge is 2.32. The normalized spacial score (nSPS) is 10.5. The van der Waals surface area contributed by atoms with E-state index in [1.54, 1.807) is 0 Å². The van der Waals surface area contributed by atoms with Crippen molar-refractivity contribution in [2.45, 2.75) is 20.4 Å². The van der Waals surface area contributed by atoms with Crippen LogP contribution in [0.25, 0.3) is 23.4 Å². The van der Waals surface area contributed by atoms with Crippen LogP contribution in [-0.2, 0) is 6.54 Å². The fourth-order valence-electron chi connectivity index (χ4n) is 5.28. The molecule has 0 fully saturated rings. The van der Waals surface area contributed by atoms with Crippen LogP contribution in [0, 0.1) is 6.07 Å². The minimum absolute atomic E-state index is 0.00558. The van der Waals surface area contributed by atoms with Crippen LogP contribution in [0.4, 0.5) is 5.69 Å². The van der Waals surface area contributed by atoms with Crippen LogP contribution in [-0.4, -0.2) is 32.1 Å². The van der Waals surface area contributed by atoms with E-state index in [0.717, 1.165) is 35.5 Å². The maximum absolute atomic E-state index is 9.84. The molecule has 0 amide bonds. The molecule has 0 saturated heterocycles. The maximum Gasteiger partial charge on any atom is 0.864 e. The maximum atomic E-state index is 9.84. The van der Waals surface area contributed by atoms with Crippen LogP contribution in [0.2, 0.25) is 0 Å². The first-order valence-electron chi connectivity index (χ1n) is 16.9. The predicted molar refractivity (Wildman–Crippen MR) is 204 cm³/mol. The molecule has 0 aliphatic carbocycles. The van der Waals surface area contributed by atoms with Gasteiger partial charge in [0.2, 0.25) is 5.69 Å². The van der Waals surface area contributed by atoms with Gasteiger partial charge in [-0.25, -0.2) is 0 Å². The molecule has 0 saturated carbocycles. The number of rotatable bonds is 14. The van der Waals surface area contributed by atoms with Gasteiger partial charge in [0.1, 0.15) is 23.9 Å². The Hall–Kier alpha value is -5.79. The van der Waals surface area contributed by atoms with Gasteiger partial charge in [-0.3, -0.25) is 0 Å². The highest BCUT2D eigenvalue weighted by atomic mass is 16.7. The molecule has 0 aliphatic heterocycles. The Morgan fingerprint density at radius 1 is 0.660 bits per heavy atom. The predicted octanol–water partition coefficient (Wildman–Crippen LogP) is 8.66. The van der Waals surface area contributed by atoms with Crippen LogP contribution in [0.1, 0.15) is 25.0 Å². The van der Waals surface area contributed by atoms with E-state index in [0.29, 0.717) is 23.8 Å². The van der Waals surface area contributed by atoms with Gasteiger partial charge in [-0.2, -0.15) is 41.0 Å². The zero-order valence-corrected chi connectivity index (χ0v) is 28.6. The van der Waals surface area contributed by atoms with Crippen LogP contribution < -0.4 is 23.4 Å². The number of hydrogen-bond acceptors (Lipinski definition) is 5. The van der Waals surface area contributed by atoms with Crippen molar-refractivity contribution in [2.75, 3.05) is 24.6 Å². The number of aromatic nitrogens is 1. The molecule has 6 aromatic rings. The first-order chi connectivity index (χ1) is 24.7. The summed E-state index contributed by atoms with van der Waals surface area (Å²) in [5, 5.41) is 9.84. The van der Waals surface area contributed by atoms with Crippen molar-refractivity contribution in [3.8, 4) is 28.5 Å². The minimum Gasteiger partial charge on any atom is -0.490 e. The summed E-state index contributed by atoms with van der Waals surface area (Å²) < 4.78 is 20.7. The average Bonchev–Trinajstić information content (AvgIpc) is 3.17. The molecule has 50 heavy (non-hydrogen) atoms. The van der Waals surface area contributed by atoms with E-state index >= 15 is 0 Å². The van der Waals surface area contributed by atoms with Gasteiger partial charge < -0.3 is 24.0 Å². The molecule has 0 unspecified atom stereocenters. The standard InChI is InChI=1S/C37H38BN2O4.C6H5/c1-3-39(4-2)32-23-21-30(22-24-32)19-20-31-25-26-40(27-28-41)36(29-31)35-17-11-12-18-37(35)44-38(42-33-13-7-5-8-14-33)43-34-15-9-6-10-16-34;1-2-4-6-5-3-1/h5-26,29,41H,3-4,27-28H2,1-2H3;1-5H/q+1;-1. The Bertz CT molecular complexity index is 1800. The quantitative estimate of drug-likeness (QED) is 0.0719. The lowest BCUT2D eigenvalue weighted by molar-refractivity contribution is -0.687. The molecule has 0 bridgehead atoms. The largest absolute Gasteiger partial charge is 0.864 e. The van der Waals surface area contributed by atoms with E-state index in [1.165, 1.54) is 5.69 Å². The first-order valence-corrected chi connectivity index (χ1v) is 16.9. The molecule has 1 N–H and O–H groups in total. The summed E-state index contributed by atoms with van der Waals surface area (Å²) >= 11 is 0. The lowest BCUT2D eigenvalue weighted by Gasteiger charge is -2.20. The summed E-state index contributed by atoms with van der Waals surface area (Å²) in [7, 11) is -1.05. The van der Waals surface area contributed by atoms with Crippen LogP contribution in [0.15, 0.2) is 158 Å².